The summed E-state index contributed by atoms with van der Waals surface area (Å²) in [7, 11) is 0. The highest BCUT2D eigenvalue weighted by atomic mass is 35.5. The molecule has 0 aromatic heterocycles. The third-order valence-electron chi connectivity index (χ3n) is 2.80. The lowest BCUT2D eigenvalue weighted by molar-refractivity contribution is -0.139. The van der Waals surface area contributed by atoms with Crippen LogP contribution in [-0.2, 0) is 22.1 Å². The van der Waals surface area contributed by atoms with Crippen molar-refractivity contribution >= 4 is 23.7 Å². The maximum absolute atomic E-state index is 12.8. The molecule has 0 radical (unpaired) electrons. The Morgan fingerprint density at radius 1 is 1.29 bits per heavy atom. The van der Waals surface area contributed by atoms with Gasteiger partial charge in [-0.2, -0.15) is 13.2 Å². The Kier molecular flexibility index (Phi) is 6.10. The number of carbonyl (C=O) groups excluding carboxylic acids is 1. The van der Waals surface area contributed by atoms with Crippen molar-refractivity contribution in [1.29, 1.82) is 0 Å². The van der Waals surface area contributed by atoms with E-state index < -0.39 is 46.9 Å². The Labute approximate surface area is 141 Å². The summed E-state index contributed by atoms with van der Waals surface area (Å²) >= 11 is 5.73. The zero-order chi connectivity index (χ0) is 18.7. The number of carbonyl (C=O) groups is 2. The van der Waals surface area contributed by atoms with E-state index >= 15 is 0 Å². The topological polar surface area (TPSA) is 75.6 Å². The van der Waals surface area contributed by atoms with Crippen LogP contribution in [0.3, 0.4) is 0 Å². The number of halogens is 4. The summed E-state index contributed by atoms with van der Waals surface area (Å²) in [5.41, 5.74) is -1.96. The number of rotatable bonds is 4. The molecule has 1 aromatic rings. The van der Waals surface area contributed by atoms with E-state index in [1.54, 1.807) is 20.8 Å². The Morgan fingerprint density at radius 2 is 1.88 bits per heavy atom. The second-order valence-corrected chi connectivity index (χ2v) is 6.40. The fourth-order valence-corrected chi connectivity index (χ4v) is 2.14. The predicted molar refractivity (Wildman–Crippen MR) is 81.0 cm³/mol. The highest BCUT2D eigenvalue weighted by molar-refractivity contribution is 6.32. The van der Waals surface area contributed by atoms with Gasteiger partial charge in [-0.3, -0.25) is 0 Å². The summed E-state index contributed by atoms with van der Waals surface area (Å²) in [5, 5.41) is 10.7. The quantitative estimate of drug-likeness (QED) is 0.846. The average Bonchev–Trinajstić information content (AvgIpc) is 2.36. The van der Waals surface area contributed by atoms with Crippen molar-refractivity contribution in [2.45, 2.75) is 45.0 Å². The minimum atomic E-state index is -4.66. The average molecular weight is 368 g/mol. The van der Waals surface area contributed by atoms with Gasteiger partial charge in [-0.15, -0.1) is 0 Å². The molecule has 1 amide bonds. The van der Waals surface area contributed by atoms with Gasteiger partial charge >= 0.3 is 18.2 Å². The smallest absolute Gasteiger partial charge is 0.417 e. The second kappa shape index (κ2) is 7.29. The molecule has 0 saturated heterocycles. The second-order valence-electron chi connectivity index (χ2n) is 6.02. The van der Waals surface area contributed by atoms with Crippen molar-refractivity contribution in [2.24, 2.45) is 0 Å². The largest absolute Gasteiger partial charge is 0.480 e. The fraction of sp³-hybridized carbons (Fsp3) is 0.467. The summed E-state index contributed by atoms with van der Waals surface area (Å²) in [6.45, 7) is 4.77. The molecule has 0 spiro atoms. The molecule has 1 atom stereocenters. The van der Waals surface area contributed by atoms with E-state index in [1.807, 2.05) is 0 Å². The van der Waals surface area contributed by atoms with Gasteiger partial charge in [-0.25, -0.2) is 9.59 Å². The molecule has 1 aromatic carbocycles. The number of carboxylic acids is 1. The number of alkyl carbamates (subject to hydrolysis) is 1. The Balaban J connectivity index is 2.98. The van der Waals surface area contributed by atoms with Crippen molar-refractivity contribution in [3.8, 4) is 0 Å². The van der Waals surface area contributed by atoms with Crippen LogP contribution >= 0.6 is 11.6 Å². The van der Waals surface area contributed by atoms with Crippen molar-refractivity contribution in [2.75, 3.05) is 0 Å². The Morgan fingerprint density at radius 3 is 2.33 bits per heavy atom. The third kappa shape index (κ3) is 5.92. The number of hydrogen-bond acceptors (Lipinski definition) is 3. The first kappa shape index (κ1) is 20.1. The number of hydrogen-bond donors (Lipinski definition) is 2. The molecule has 0 aliphatic heterocycles. The molecule has 0 aliphatic rings. The van der Waals surface area contributed by atoms with Crippen LogP contribution in [-0.4, -0.2) is 28.8 Å². The molecule has 24 heavy (non-hydrogen) atoms. The molecule has 1 rings (SSSR count). The van der Waals surface area contributed by atoms with E-state index in [0.29, 0.717) is 0 Å². The van der Waals surface area contributed by atoms with Crippen LogP contribution in [0.1, 0.15) is 31.9 Å². The van der Waals surface area contributed by atoms with Gasteiger partial charge in [0.05, 0.1) is 10.6 Å². The monoisotopic (exact) mass is 367 g/mol. The standard InChI is InChI=1S/C15H17ClF3NO4/c1-14(2,3)24-13(23)20-10(12(21)22)7-8-5-4-6-9(11(8)16)15(17,18)19/h4-6,10H,7H2,1-3H3,(H,20,23)(H,21,22). The van der Waals surface area contributed by atoms with Crippen molar-refractivity contribution in [1.82, 2.24) is 5.32 Å². The minimum absolute atomic E-state index is 0.0463. The molecular formula is C15H17ClF3NO4. The first-order chi connectivity index (χ1) is 10.8. The molecule has 0 heterocycles. The first-order valence-electron chi connectivity index (χ1n) is 6.88. The Bertz CT molecular complexity index is 626. The van der Waals surface area contributed by atoms with Crippen LogP contribution < -0.4 is 5.32 Å². The van der Waals surface area contributed by atoms with Gasteiger partial charge < -0.3 is 15.2 Å². The van der Waals surface area contributed by atoms with Crippen LogP contribution in [0.25, 0.3) is 0 Å². The van der Waals surface area contributed by atoms with Crippen LogP contribution in [0, 0.1) is 0 Å². The normalized spacial score (nSPS) is 13.3. The highest BCUT2D eigenvalue weighted by Gasteiger charge is 2.34. The van der Waals surface area contributed by atoms with Gasteiger partial charge in [0.1, 0.15) is 11.6 Å². The number of alkyl halides is 3. The van der Waals surface area contributed by atoms with Gasteiger partial charge in [-0.1, -0.05) is 23.7 Å². The Hall–Kier alpha value is -1.96. The summed E-state index contributed by atoms with van der Waals surface area (Å²) < 4.78 is 43.4. The van der Waals surface area contributed by atoms with Crippen molar-refractivity contribution < 1.29 is 32.6 Å². The van der Waals surface area contributed by atoms with E-state index in [4.69, 9.17) is 21.4 Å². The fourth-order valence-electron chi connectivity index (χ4n) is 1.83. The molecule has 1 unspecified atom stereocenters. The highest BCUT2D eigenvalue weighted by Crippen LogP contribution is 2.36. The molecule has 0 fully saturated rings. The maximum atomic E-state index is 12.8. The van der Waals surface area contributed by atoms with Crippen molar-refractivity contribution in [3.05, 3.63) is 34.3 Å². The maximum Gasteiger partial charge on any atom is 0.417 e. The van der Waals surface area contributed by atoms with Gasteiger partial charge in [0.15, 0.2) is 0 Å². The number of ether oxygens (including phenoxy) is 1. The number of aliphatic carboxylic acids is 1. The molecule has 0 aliphatic carbocycles. The molecule has 0 bridgehead atoms. The molecule has 0 saturated carbocycles. The van der Waals surface area contributed by atoms with Gasteiger partial charge in [-0.05, 0) is 32.4 Å². The van der Waals surface area contributed by atoms with Gasteiger partial charge in [0.2, 0.25) is 0 Å². The summed E-state index contributed by atoms with van der Waals surface area (Å²) in [4.78, 5) is 22.9. The van der Waals surface area contributed by atoms with Crippen LogP contribution in [0.2, 0.25) is 5.02 Å². The lowest BCUT2D eigenvalue weighted by Gasteiger charge is -2.22. The van der Waals surface area contributed by atoms with E-state index in [2.05, 4.69) is 5.32 Å². The number of benzene rings is 1. The number of carboxylic acid groups (broad SMARTS) is 1. The predicted octanol–water partition coefficient (Wildman–Crippen LogP) is 3.88. The number of nitrogens with one attached hydrogen (secondary N) is 1. The van der Waals surface area contributed by atoms with E-state index in [1.165, 1.54) is 6.07 Å². The summed E-state index contributed by atoms with van der Waals surface area (Å²) in [5.74, 6) is -1.42. The molecule has 9 heteroatoms. The van der Waals surface area contributed by atoms with Crippen molar-refractivity contribution in [3.63, 3.8) is 0 Å². The van der Waals surface area contributed by atoms with E-state index in [0.717, 1.165) is 12.1 Å². The van der Waals surface area contributed by atoms with E-state index in [-0.39, 0.29) is 5.56 Å². The number of amides is 1. The zero-order valence-corrected chi connectivity index (χ0v) is 14.0. The molecule has 5 nitrogen and oxygen atoms in total. The summed E-state index contributed by atoms with van der Waals surface area (Å²) in [6.07, 6.45) is -6.07. The van der Waals surface area contributed by atoms with Crippen LogP contribution in [0.4, 0.5) is 18.0 Å². The lowest BCUT2D eigenvalue weighted by Crippen LogP contribution is -2.44. The molecular weight excluding hydrogens is 351 g/mol. The zero-order valence-electron chi connectivity index (χ0n) is 13.2. The lowest BCUT2D eigenvalue weighted by atomic mass is 10.0. The first-order valence-corrected chi connectivity index (χ1v) is 7.26. The minimum Gasteiger partial charge on any atom is -0.480 e. The van der Waals surface area contributed by atoms with Gasteiger partial charge in [0, 0.05) is 6.42 Å². The van der Waals surface area contributed by atoms with Crippen LogP contribution in [0.15, 0.2) is 18.2 Å². The third-order valence-corrected chi connectivity index (χ3v) is 3.24. The van der Waals surface area contributed by atoms with Gasteiger partial charge in [0.25, 0.3) is 0 Å². The molecule has 2 N–H and O–H groups in total. The van der Waals surface area contributed by atoms with E-state index in [9.17, 15) is 22.8 Å². The summed E-state index contributed by atoms with van der Waals surface area (Å²) in [6, 6.07) is 1.70. The molecule has 134 valence electrons. The van der Waals surface area contributed by atoms with Crippen LogP contribution in [0.5, 0.6) is 0 Å². The SMILES string of the molecule is CC(C)(C)OC(=O)NC(Cc1cccc(C(F)(F)F)c1Cl)C(=O)O.